The third-order valence-electron chi connectivity index (χ3n) is 2.61. The lowest BCUT2D eigenvalue weighted by molar-refractivity contribution is 0.214. The molecule has 0 amide bonds. The molecule has 6 heteroatoms. The molecule has 0 saturated heterocycles. The monoisotopic (exact) mass is 306 g/mol. The fraction of sp³-hybridized carbons (Fsp3) is 0.0769. The van der Waals surface area contributed by atoms with Gasteiger partial charge in [0.25, 0.3) is 0 Å². The molecule has 1 N–H and O–H groups in total. The minimum atomic E-state index is -1.59. The van der Waals surface area contributed by atoms with E-state index in [1.54, 1.807) is 6.07 Å². The first-order chi connectivity index (χ1) is 8.91. The Hall–Kier alpha value is -1.23. The Labute approximate surface area is 117 Å². The molecule has 0 saturated carbocycles. The second-order valence-corrected chi connectivity index (χ2v) is 4.64. The molecule has 1 atom stereocenters. The van der Waals surface area contributed by atoms with Crippen LogP contribution in [0.1, 0.15) is 17.2 Å². The van der Waals surface area contributed by atoms with Gasteiger partial charge in [-0.2, -0.15) is 0 Å². The second kappa shape index (κ2) is 5.41. The van der Waals surface area contributed by atoms with Crippen molar-refractivity contribution in [3.63, 3.8) is 0 Å². The van der Waals surface area contributed by atoms with Gasteiger partial charge in [0.05, 0.1) is 0 Å². The molecule has 0 aliphatic rings. The number of hydrogen-bond acceptors (Lipinski definition) is 1. The third-order valence-corrected chi connectivity index (χ3v) is 3.27. The lowest BCUT2D eigenvalue weighted by Crippen LogP contribution is -2.06. The average Bonchev–Trinajstić information content (AvgIpc) is 2.33. The summed E-state index contributed by atoms with van der Waals surface area (Å²) in [6.07, 6.45) is -1.59. The van der Waals surface area contributed by atoms with Crippen LogP contribution in [0.2, 0.25) is 10.0 Å². The zero-order valence-corrected chi connectivity index (χ0v) is 10.8. The van der Waals surface area contributed by atoms with E-state index in [1.807, 2.05) is 0 Å². The molecular formula is C13H7Cl2F3O. The highest BCUT2D eigenvalue weighted by Crippen LogP contribution is 2.35. The molecule has 100 valence electrons. The summed E-state index contributed by atoms with van der Waals surface area (Å²) < 4.78 is 39.5. The van der Waals surface area contributed by atoms with E-state index in [2.05, 4.69) is 0 Å². The topological polar surface area (TPSA) is 20.2 Å². The van der Waals surface area contributed by atoms with Gasteiger partial charge in [-0.1, -0.05) is 29.3 Å². The quantitative estimate of drug-likeness (QED) is 0.810. The highest BCUT2D eigenvalue weighted by atomic mass is 35.5. The summed E-state index contributed by atoms with van der Waals surface area (Å²) in [7, 11) is 0. The molecule has 0 aromatic heterocycles. The Morgan fingerprint density at radius 3 is 2.00 bits per heavy atom. The van der Waals surface area contributed by atoms with Crippen LogP contribution in [0, 0.1) is 17.5 Å². The fourth-order valence-corrected chi connectivity index (χ4v) is 2.28. The number of halogens is 5. The lowest BCUT2D eigenvalue weighted by Gasteiger charge is -2.15. The van der Waals surface area contributed by atoms with E-state index < -0.39 is 29.1 Å². The number of rotatable bonds is 2. The first kappa shape index (κ1) is 14.2. The van der Waals surface area contributed by atoms with Crippen molar-refractivity contribution in [1.29, 1.82) is 0 Å². The summed E-state index contributed by atoms with van der Waals surface area (Å²) >= 11 is 11.7. The van der Waals surface area contributed by atoms with Gasteiger partial charge < -0.3 is 5.11 Å². The normalized spacial score (nSPS) is 12.5. The molecule has 0 radical (unpaired) electrons. The van der Waals surface area contributed by atoms with Gasteiger partial charge in [-0.25, -0.2) is 13.2 Å². The van der Waals surface area contributed by atoms with E-state index in [1.165, 1.54) is 12.1 Å². The van der Waals surface area contributed by atoms with Gasteiger partial charge in [-0.05, 0) is 18.2 Å². The smallest absolute Gasteiger partial charge is 0.161 e. The number of aliphatic hydroxyl groups excluding tert-OH is 1. The van der Waals surface area contributed by atoms with Crippen LogP contribution in [0.25, 0.3) is 0 Å². The molecule has 0 spiro atoms. The Bertz CT molecular complexity index is 611. The van der Waals surface area contributed by atoms with Crippen molar-refractivity contribution >= 4 is 23.2 Å². The average molecular weight is 307 g/mol. The Balaban J connectivity index is 2.56. The van der Waals surface area contributed by atoms with Gasteiger partial charge in [0.15, 0.2) is 11.6 Å². The molecule has 1 unspecified atom stereocenters. The predicted octanol–water partition coefficient (Wildman–Crippen LogP) is 4.49. The molecule has 0 bridgehead atoms. The second-order valence-electron chi connectivity index (χ2n) is 3.83. The largest absolute Gasteiger partial charge is 0.383 e. The zero-order chi connectivity index (χ0) is 14.2. The molecule has 0 fully saturated rings. The molecule has 0 aliphatic carbocycles. The molecule has 2 aromatic rings. The molecule has 2 aromatic carbocycles. The van der Waals surface area contributed by atoms with Gasteiger partial charge in [0.2, 0.25) is 0 Å². The van der Waals surface area contributed by atoms with Gasteiger partial charge in [0.1, 0.15) is 11.9 Å². The standard InChI is InChI=1S/C13H7Cl2F3O/c14-7-2-1-3-8(15)12(7)13(19)6-4-10(17)11(18)5-9(6)16/h1-5,13,19H. The summed E-state index contributed by atoms with van der Waals surface area (Å²) in [5, 5.41) is 10.3. The molecule has 1 nitrogen and oxygen atoms in total. The van der Waals surface area contributed by atoms with Crippen molar-refractivity contribution in [3.05, 3.63) is 69.0 Å². The maximum Gasteiger partial charge on any atom is 0.161 e. The minimum Gasteiger partial charge on any atom is -0.383 e. The number of hydrogen-bond donors (Lipinski definition) is 1. The number of benzene rings is 2. The van der Waals surface area contributed by atoms with Crippen molar-refractivity contribution < 1.29 is 18.3 Å². The summed E-state index contributed by atoms with van der Waals surface area (Å²) in [6.45, 7) is 0. The van der Waals surface area contributed by atoms with Crippen LogP contribution in [0.3, 0.4) is 0 Å². The van der Waals surface area contributed by atoms with Crippen molar-refractivity contribution in [3.8, 4) is 0 Å². The summed E-state index contributed by atoms with van der Waals surface area (Å²) in [4.78, 5) is 0. The maximum absolute atomic E-state index is 13.6. The third kappa shape index (κ3) is 2.71. The molecule has 0 aliphatic heterocycles. The summed E-state index contributed by atoms with van der Waals surface area (Å²) in [5.41, 5.74) is -0.398. The van der Waals surface area contributed by atoms with Crippen LogP contribution >= 0.6 is 23.2 Å². The van der Waals surface area contributed by atoms with Crippen molar-refractivity contribution in [2.24, 2.45) is 0 Å². The molecule has 2 rings (SSSR count). The van der Waals surface area contributed by atoms with Crippen molar-refractivity contribution in [2.75, 3.05) is 0 Å². The molecule has 19 heavy (non-hydrogen) atoms. The van der Waals surface area contributed by atoms with E-state index in [9.17, 15) is 18.3 Å². The van der Waals surface area contributed by atoms with Gasteiger partial charge in [-0.15, -0.1) is 0 Å². The van der Waals surface area contributed by atoms with Gasteiger partial charge in [0, 0.05) is 27.2 Å². The van der Waals surface area contributed by atoms with Crippen LogP contribution in [-0.4, -0.2) is 5.11 Å². The predicted molar refractivity (Wildman–Crippen MR) is 66.8 cm³/mol. The van der Waals surface area contributed by atoms with E-state index >= 15 is 0 Å². The van der Waals surface area contributed by atoms with Crippen molar-refractivity contribution in [1.82, 2.24) is 0 Å². The fourth-order valence-electron chi connectivity index (χ4n) is 1.67. The van der Waals surface area contributed by atoms with Crippen molar-refractivity contribution in [2.45, 2.75) is 6.10 Å². The highest BCUT2D eigenvalue weighted by Gasteiger charge is 2.22. The summed E-state index contributed by atoms with van der Waals surface area (Å²) in [6, 6.07) is 5.38. The van der Waals surface area contributed by atoms with Crippen LogP contribution in [-0.2, 0) is 0 Å². The first-order valence-corrected chi connectivity index (χ1v) is 5.94. The van der Waals surface area contributed by atoms with Crippen LogP contribution in [0.15, 0.2) is 30.3 Å². The molecular weight excluding hydrogens is 300 g/mol. The Morgan fingerprint density at radius 1 is 0.895 bits per heavy atom. The van der Waals surface area contributed by atoms with Crippen LogP contribution in [0.5, 0.6) is 0 Å². The highest BCUT2D eigenvalue weighted by molar-refractivity contribution is 6.36. The molecule has 0 heterocycles. The van der Waals surface area contributed by atoms with Gasteiger partial charge >= 0.3 is 0 Å². The van der Waals surface area contributed by atoms with Crippen LogP contribution < -0.4 is 0 Å². The lowest BCUT2D eigenvalue weighted by atomic mass is 10.0. The first-order valence-electron chi connectivity index (χ1n) is 5.18. The summed E-state index contributed by atoms with van der Waals surface area (Å²) in [5.74, 6) is -3.68. The van der Waals surface area contributed by atoms with Crippen LogP contribution in [0.4, 0.5) is 13.2 Å². The van der Waals surface area contributed by atoms with E-state index in [-0.39, 0.29) is 15.6 Å². The minimum absolute atomic E-state index is 0.0377. The van der Waals surface area contributed by atoms with E-state index in [0.717, 1.165) is 0 Å². The van der Waals surface area contributed by atoms with Gasteiger partial charge in [-0.3, -0.25) is 0 Å². The van der Waals surface area contributed by atoms with E-state index in [4.69, 9.17) is 23.2 Å². The zero-order valence-electron chi connectivity index (χ0n) is 9.30. The Kier molecular flexibility index (Phi) is 4.04. The maximum atomic E-state index is 13.6. The van der Waals surface area contributed by atoms with E-state index in [0.29, 0.717) is 12.1 Å². The Morgan fingerprint density at radius 2 is 1.42 bits per heavy atom. The SMILES string of the molecule is OC(c1cc(F)c(F)cc1F)c1c(Cl)cccc1Cl. The number of aliphatic hydroxyl groups is 1.